The monoisotopic (exact) mass is 325 g/mol. The summed E-state index contributed by atoms with van der Waals surface area (Å²) in [5, 5.41) is 0. The number of nitrogens with two attached hydrogens (primary N) is 1. The summed E-state index contributed by atoms with van der Waals surface area (Å²) >= 11 is 4.84. The van der Waals surface area contributed by atoms with Crippen molar-refractivity contribution in [3.05, 3.63) is 44.1 Å². The number of methoxy groups -OCH3 is 1. The summed E-state index contributed by atoms with van der Waals surface area (Å²) in [6.07, 6.45) is 0. The number of hydrogen-bond donors (Lipinski definition) is 1. The minimum absolute atomic E-state index is 0.0867. The number of benzene rings is 1. The predicted molar refractivity (Wildman–Crippen MR) is 77.6 cm³/mol. The highest BCUT2D eigenvalue weighted by Crippen LogP contribution is 2.31. The minimum atomic E-state index is -0.0867. The Hall–Kier alpha value is -1.33. The van der Waals surface area contributed by atoms with Crippen molar-refractivity contribution < 1.29 is 9.53 Å². The standard InChI is InChI=1S/C13H12BrNO2S/c1-7-5-10(14)13(18-7)12(16)9-6-8(17-2)3-4-11(9)15/h3-6H,15H2,1-2H3. The second kappa shape index (κ2) is 5.12. The van der Waals surface area contributed by atoms with Crippen molar-refractivity contribution in [2.45, 2.75) is 6.92 Å². The van der Waals surface area contributed by atoms with E-state index in [-0.39, 0.29) is 5.78 Å². The van der Waals surface area contributed by atoms with Crippen LogP contribution in [0.2, 0.25) is 0 Å². The molecule has 2 aromatic rings. The number of rotatable bonds is 3. The molecule has 18 heavy (non-hydrogen) atoms. The molecule has 0 unspecified atom stereocenters. The van der Waals surface area contributed by atoms with Crippen LogP contribution in [0.4, 0.5) is 5.69 Å². The first-order chi connectivity index (χ1) is 8.52. The van der Waals surface area contributed by atoms with Crippen molar-refractivity contribution in [1.82, 2.24) is 0 Å². The second-order valence-corrected chi connectivity index (χ2v) is 5.93. The molecule has 3 nitrogen and oxygen atoms in total. The number of nitrogen functional groups attached to an aromatic ring is 1. The van der Waals surface area contributed by atoms with E-state index in [1.165, 1.54) is 11.3 Å². The van der Waals surface area contributed by atoms with Gasteiger partial charge >= 0.3 is 0 Å². The fourth-order valence-electron chi connectivity index (χ4n) is 1.62. The Morgan fingerprint density at radius 1 is 1.39 bits per heavy atom. The molecule has 0 bridgehead atoms. The van der Waals surface area contributed by atoms with Crippen LogP contribution in [0.25, 0.3) is 0 Å². The first kappa shape index (κ1) is 13.1. The summed E-state index contributed by atoms with van der Waals surface area (Å²) in [6, 6.07) is 7.01. The number of ether oxygens (including phenoxy) is 1. The topological polar surface area (TPSA) is 52.3 Å². The number of carbonyl (C=O) groups excluding carboxylic acids is 1. The van der Waals surface area contributed by atoms with Gasteiger partial charge in [-0.2, -0.15) is 0 Å². The summed E-state index contributed by atoms with van der Waals surface area (Å²) in [5.41, 5.74) is 6.78. The zero-order chi connectivity index (χ0) is 13.3. The molecule has 2 N–H and O–H groups in total. The van der Waals surface area contributed by atoms with Crippen molar-refractivity contribution in [3.63, 3.8) is 0 Å². The highest BCUT2D eigenvalue weighted by molar-refractivity contribution is 9.10. The SMILES string of the molecule is COc1ccc(N)c(C(=O)c2sc(C)cc2Br)c1. The average Bonchev–Trinajstić information content (AvgIpc) is 2.68. The fraction of sp³-hybridized carbons (Fsp3) is 0.154. The van der Waals surface area contributed by atoms with Crippen LogP contribution in [0.15, 0.2) is 28.7 Å². The van der Waals surface area contributed by atoms with Crippen molar-refractivity contribution >= 4 is 38.7 Å². The summed E-state index contributed by atoms with van der Waals surface area (Å²) in [6.45, 7) is 1.96. The van der Waals surface area contributed by atoms with Gasteiger partial charge in [-0.05, 0) is 47.1 Å². The molecule has 0 aliphatic heterocycles. The van der Waals surface area contributed by atoms with Crippen molar-refractivity contribution in [2.75, 3.05) is 12.8 Å². The molecule has 0 saturated carbocycles. The van der Waals surface area contributed by atoms with Gasteiger partial charge in [0.2, 0.25) is 5.78 Å². The molecule has 0 radical (unpaired) electrons. The second-order valence-electron chi connectivity index (χ2n) is 3.82. The smallest absolute Gasteiger partial charge is 0.206 e. The highest BCUT2D eigenvalue weighted by atomic mass is 79.9. The summed E-state index contributed by atoms with van der Waals surface area (Å²) in [7, 11) is 1.56. The largest absolute Gasteiger partial charge is 0.497 e. The summed E-state index contributed by atoms with van der Waals surface area (Å²) < 4.78 is 5.92. The lowest BCUT2D eigenvalue weighted by Crippen LogP contribution is -2.04. The lowest BCUT2D eigenvalue weighted by Gasteiger charge is -2.06. The van der Waals surface area contributed by atoms with Gasteiger partial charge in [-0.15, -0.1) is 11.3 Å². The minimum Gasteiger partial charge on any atom is -0.497 e. The number of halogens is 1. The maximum absolute atomic E-state index is 12.4. The fourth-order valence-corrected chi connectivity index (χ4v) is 3.39. The van der Waals surface area contributed by atoms with E-state index in [9.17, 15) is 4.79 Å². The van der Waals surface area contributed by atoms with E-state index in [2.05, 4.69) is 15.9 Å². The van der Waals surface area contributed by atoms with E-state index in [0.29, 0.717) is 21.9 Å². The van der Waals surface area contributed by atoms with Gasteiger partial charge in [0.15, 0.2) is 0 Å². The Morgan fingerprint density at radius 3 is 2.67 bits per heavy atom. The van der Waals surface area contributed by atoms with E-state index in [4.69, 9.17) is 10.5 Å². The van der Waals surface area contributed by atoms with Crippen LogP contribution in [0.1, 0.15) is 20.1 Å². The molecular formula is C13H12BrNO2S. The third kappa shape index (κ3) is 2.42. The average molecular weight is 326 g/mol. The third-order valence-corrected chi connectivity index (χ3v) is 4.46. The molecule has 2 rings (SSSR count). The van der Waals surface area contributed by atoms with Crippen LogP contribution < -0.4 is 10.5 Å². The van der Waals surface area contributed by atoms with Gasteiger partial charge in [0.1, 0.15) is 5.75 Å². The van der Waals surface area contributed by atoms with Gasteiger partial charge in [0, 0.05) is 15.0 Å². The molecule has 0 saturated heterocycles. The van der Waals surface area contributed by atoms with E-state index in [1.807, 2.05) is 13.0 Å². The van der Waals surface area contributed by atoms with E-state index >= 15 is 0 Å². The number of aryl methyl sites for hydroxylation is 1. The van der Waals surface area contributed by atoms with Crippen molar-refractivity contribution in [1.29, 1.82) is 0 Å². The summed E-state index contributed by atoms with van der Waals surface area (Å²) in [5.74, 6) is 0.535. The molecule has 1 aromatic carbocycles. The van der Waals surface area contributed by atoms with Gasteiger partial charge in [0.25, 0.3) is 0 Å². The van der Waals surface area contributed by atoms with Crippen LogP contribution in [0, 0.1) is 6.92 Å². The molecule has 0 spiro atoms. The Labute approximate surface area is 118 Å². The lowest BCUT2D eigenvalue weighted by atomic mass is 10.1. The number of anilines is 1. The van der Waals surface area contributed by atoms with Crippen molar-refractivity contribution in [3.8, 4) is 5.75 Å². The molecule has 5 heteroatoms. The van der Waals surface area contributed by atoms with Crippen LogP contribution in [0.5, 0.6) is 5.75 Å². The van der Waals surface area contributed by atoms with Gasteiger partial charge in [0.05, 0.1) is 17.6 Å². The van der Waals surface area contributed by atoms with Crippen LogP contribution in [-0.2, 0) is 0 Å². The molecule has 1 heterocycles. The van der Waals surface area contributed by atoms with E-state index < -0.39 is 0 Å². The molecule has 0 atom stereocenters. The maximum atomic E-state index is 12.4. The van der Waals surface area contributed by atoms with Gasteiger partial charge in [-0.1, -0.05) is 0 Å². The molecule has 0 fully saturated rings. The lowest BCUT2D eigenvalue weighted by molar-refractivity contribution is 0.104. The molecule has 0 aliphatic rings. The number of thiophene rings is 1. The maximum Gasteiger partial charge on any atom is 0.206 e. The highest BCUT2D eigenvalue weighted by Gasteiger charge is 2.18. The summed E-state index contributed by atoms with van der Waals surface area (Å²) in [4.78, 5) is 14.1. The van der Waals surface area contributed by atoms with Crippen molar-refractivity contribution in [2.24, 2.45) is 0 Å². The Balaban J connectivity index is 2.48. The van der Waals surface area contributed by atoms with Crippen LogP contribution in [0.3, 0.4) is 0 Å². The molecule has 0 amide bonds. The molecule has 1 aromatic heterocycles. The quantitative estimate of drug-likeness (QED) is 0.692. The number of ketones is 1. The first-order valence-corrected chi connectivity index (χ1v) is 6.88. The Bertz CT molecular complexity index is 607. The Kier molecular flexibility index (Phi) is 3.73. The van der Waals surface area contributed by atoms with Gasteiger partial charge in [-0.25, -0.2) is 0 Å². The molecule has 0 aliphatic carbocycles. The number of carbonyl (C=O) groups is 1. The van der Waals surface area contributed by atoms with E-state index in [1.54, 1.807) is 25.3 Å². The zero-order valence-corrected chi connectivity index (χ0v) is 12.4. The normalized spacial score (nSPS) is 10.4. The molecule has 94 valence electrons. The van der Waals surface area contributed by atoms with Gasteiger partial charge in [-0.3, -0.25) is 4.79 Å². The molecular weight excluding hydrogens is 314 g/mol. The zero-order valence-electron chi connectivity index (χ0n) is 9.99. The van der Waals surface area contributed by atoms with Gasteiger partial charge < -0.3 is 10.5 Å². The predicted octanol–water partition coefficient (Wildman–Crippen LogP) is 3.64. The first-order valence-electron chi connectivity index (χ1n) is 5.27. The number of hydrogen-bond acceptors (Lipinski definition) is 4. The van der Waals surface area contributed by atoms with E-state index in [0.717, 1.165) is 9.35 Å². The van der Waals surface area contributed by atoms with Crippen LogP contribution in [-0.4, -0.2) is 12.9 Å². The Morgan fingerprint density at radius 2 is 2.11 bits per heavy atom. The third-order valence-electron chi connectivity index (χ3n) is 2.52. The van der Waals surface area contributed by atoms with Crippen LogP contribution >= 0.6 is 27.3 Å².